The smallest absolute Gasteiger partial charge is 0.283 e. The summed E-state index contributed by atoms with van der Waals surface area (Å²) in [5.41, 5.74) is 2.55. The third kappa shape index (κ3) is 5.07. The minimum absolute atomic E-state index is 0.0670. The molecule has 0 unspecified atom stereocenters. The van der Waals surface area contributed by atoms with Crippen molar-refractivity contribution in [3.05, 3.63) is 77.5 Å². The number of carbonyl (C=O) groups excluding carboxylic acids is 1. The normalized spacial score (nSPS) is 10.8. The molecule has 0 bridgehead atoms. The second-order valence-electron chi connectivity index (χ2n) is 6.14. The summed E-state index contributed by atoms with van der Waals surface area (Å²) in [7, 11) is 0. The minimum Gasteiger partial charge on any atom is -0.459 e. The minimum atomic E-state index is -0.0670. The fraction of sp³-hybridized carbons (Fsp3) is 0.0952. The number of hydrogen-bond acceptors (Lipinski definition) is 6. The van der Waals surface area contributed by atoms with E-state index in [1.807, 2.05) is 36.4 Å². The molecule has 29 heavy (non-hydrogen) atoms. The number of halogens is 1. The first-order valence-electron chi connectivity index (χ1n) is 8.77. The lowest BCUT2D eigenvalue weighted by Crippen LogP contribution is -2.14. The van der Waals surface area contributed by atoms with Gasteiger partial charge in [0.05, 0.1) is 12.0 Å². The largest absolute Gasteiger partial charge is 0.459 e. The number of nitrogens with zero attached hydrogens (tertiary/aromatic N) is 2. The van der Waals surface area contributed by atoms with Gasteiger partial charge in [0.1, 0.15) is 0 Å². The zero-order valence-corrected chi connectivity index (χ0v) is 16.7. The number of anilines is 1. The van der Waals surface area contributed by atoms with Crippen molar-refractivity contribution in [2.24, 2.45) is 0 Å². The van der Waals surface area contributed by atoms with Crippen molar-refractivity contribution in [2.45, 2.75) is 5.75 Å². The van der Waals surface area contributed by atoms with Crippen molar-refractivity contribution >= 4 is 35.0 Å². The van der Waals surface area contributed by atoms with Crippen molar-refractivity contribution in [3.63, 3.8) is 0 Å². The van der Waals surface area contributed by atoms with Gasteiger partial charge in [-0.25, -0.2) is 0 Å². The molecular formula is C21H16ClN3O3S. The van der Waals surface area contributed by atoms with Gasteiger partial charge in [0.2, 0.25) is 11.8 Å². The van der Waals surface area contributed by atoms with Crippen molar-refractivity contribution < 1.29 is 13.6 Å². The van der Waals surface area contributed by atoms with Crippen LogP contribution >= 0.6 is 23.4 Å². The number of benzene rings is 2. The molecule has 2 aromatic heterocycles. The Morgan fingerprint density at radius 3 is 2.62 bits per heavy atom. The summed E-state index contributed by atoms with van der Waals surface area (Å²) in [6.45, 7) is 0. The van der Waals surface area contributed by atoms with Crippen LogP contribution in [0.5, 0.6) is 0 Å². The summed E-state index contributed by atoms with van der Waals surface area (Å²) >= 11 is 7.50. The number of thioether (sulfide) groups is 1. The van der Waals surface area contributed by atoms with Gasteiger partial charge in [0.25, 0.3) is 5.89 Å². The van der Waals surface area contributed by atoms with Crippen molar-refractivity contribution in [1.29, 1.82) is 0 Å². The second-order valence-corrected chi connectivity index (χ2v) is 7.56. The van der Waals surface area contributed by atoms with Crippen LogP contribution in [0.1, 0.15) is 5.56 Å². The molecule has 4 rings (SSSR count). The van der Waals surface area contributed by atoms with Gasteiger partial charge in [-0.1, -0.05) is 23.7 Å². The molecule has 1 amide bonds. The second kappa shape index (κ2) is 8.98. The standard InChI is InChI=1S/C21H16ClN3O3S/c22-16-4-1-3-14(11-16)12-29-13-19(26)23-17-8-6-15(7-9-17)20-24-25-21(28-20)18-5-2-10-27-18/h1-11H,12-13H2,(H,23,26). The number of furan rings is 1. The predicted molar refractivity (Wildman–Crippen MR) is 114 cm³/mol. The van der Waals surface area contributed by atoms with E-state index in [4.69, 9.17) is 20.4 Å². The molecular weight excluding hydrogens is 410 g/mol. The molecule has 0 aliphatic heterocycles. The lowest BCUT2D eigenvalue weighted by molar-refractivity contribution is -0.113. The first-order chi connectivity index (χ1) is 14.2. The zero-order chi connectivity index (χ0) is 20.1. The van der Waals surface area contributed by atoms with Crippen molar-refractivity contribution in [1.82, 2.24) is 10.2 Å². The molecule has 0 aliphatic rings. The van der Waals surface area contributed by atoms with E-state index in [0.29, 0.717) is 34.0 Å². The highest BCUT2D eigenvalue weighted by Crippen LogP contribution is 2.25. The average Bonchev–Trinajstić information content (AvgIpc) is 3.41. The molecule has 146 valence electrons. The Kier molecular flexibility index (Phi) is 5.97. The summed E-state index contributed by atoms with van der Waals surface area (Å²) < 4.78 is 10.9. The van der Waals surface area contributed by atoms with E-state index in [0.717, 1.165) is 16.9 Å². The number of carbonyl (C=O) groups is 1. The summed E-state index contributed by atoms with van der Waals surface area (Å²) in [6.07, 6.45) is 1.55. The van der Waals surface area contributed by atoms with Crippen LogP contribution in [0.2, 0.25) is 5.02 Å². The van der Waals surface area contributed by atoms with Crippen LogP contribution in [0.3, 0.4) is 0 Å². The Hall–Kier alpha value is -3.03. The van der Waals surface area contributed by atoms with Crippen LogP contribution in [-0.2, 0) is 10.5 Å². The lowest BCUT2D eigenvalue weighted by atomic mass is 10.2. The SMILES string of the molecule is O=C(CSCc1cccc(Cl)c1)Nc1ccc(-c2nnc(-c3ccco3)o2)cc1. The first kappa shape index (κ1) is 19.3. The van der Waals surface area contributed by atoms with Gasteiger partial charge in [-0.3, -0.25) is 4.79 Å². The maximum atomic E-state index is 12.1. The molecule has 0 fully saturated rings. The summed E-state index contributed by atoms with van der Waals surface area (Å²) in [5, 5.41) is 11.6. The van der Waals surface area contributed by atoms with Crippen molar-refractivity contribution in [2.75, 3.05) is 11.1 Å². The van der Waals surface area contributed by atoms with E-state index in [1.54, 1.807) is 30.5 Å². The highest BCUT2D eigenvalue weighted by Gasteiger charge is 2.12. The van der Waals surface area contributed by atoms with E-state index in [2.05, 4.69) is 15.5 Å². The van der Waals surface area contributed by atoms with Crippen LogP contribution in [-0.4, -0.2) is 21.9 Å². The number of rotatable bonds is 7. The van der Waals surface area contributed by atoms with Gasteiger partial charge in [-0.05, 0) is 54.1 Å². The van der Waals surface area contributed by atoms with Crippen LogP contribution < -0.4 is 5.32 Å². The molecule has 0 radical (unpaired) electrons. The monoisotopic (exact) mass is 425 g/mol. The number of hydrogen-bond donors (Lipinski definition) is 1. The van der Waals surface area contributed by atoms with E-state index in [-0.39, 0.29) is 5.91 Å². The summed E-state index contributed by atoms with van der Waals surface area (Å²) in [5.74, 6) is 2.23. The predicted octanol–water partition coefficient (Wildman–Crippen LogP) is 5.52. The fourth-order valence-corrected chi connectivity index (χ4v) is 3.61. The highest BCUT2D eigenvalue weighted by molar-refractivity contribution is 7.99. The van der Waals surface area contributed by atoms with E-state index >= 15 is 0 Å². The van der Waals surface area contributed by atoms with Gasteiger partial charge >= 0.3 is 0 Å². The van der Waals surface area contributed by atoms with Crippen LogP contribution in [0.15, 0.2) is 75.8 Å². The zero-order valence-electron chi connectivity index (χ0n) is 15.2. The van der Waals surface area contributed by atoms with Crippen LogP contribution in [0.4, 0.5) is 5.69 Å². The molecule has 1 N–H and O–H groups in total. The molecule has 0 saturated heterocycles. The third-order valence-corrected chi connectivity index (χ3v) is 5.20. The van der Waals surface area contributed by atoms with E-state index in [1.165, 1.54) is 11.8 Å². The summed E-state index contributed by atoms with van der Waals surface area (Å²) in [4.78, 5) is 12.1. The van der Waals surface area contributed by atoms with Crippen LogP contribution in [0, 0.1) is 0 Å². The topological polar surface area (TPSA) is 81.2 Å². The maximum absolute atomic E-state index is 12.1. The number of amides is 1. The van der Waals surface area contributed by atoms with Gasteiger partial charge in [-0.2, -0.15) is 0 Å². The summed E-state index contributed by atoms with van der Waals surface area (Å²) in [6, 6.07) is 18.4. The molecule has 2 aromatic carbocycles. The third-order valence-electron chi connectivity index (χ3n) is 3.96. The van der Waals surface area contributed by atoms with E-state index < -0.39 is 0 Å². The van der Waals surface area contributed by atoms with Crippen molar-refractivity contribution in [3.8, 4) is 23.1 Å². The maximum Gasteiger partial charge on any atom is 0.283 e. The van der Waals surface area contributed by atoms with Gasteiger partial charge in [-0.15, -0.1) is 22.0 Å². The Balaban J connectivity index is 1.30. The van der Waals surface area contributed by atoms with Gasteiger partial charge in [0.15, 0.2) is 5.76 Å². The highest BCUT2D eigenvalue weighted by atomic mass is 35.5. The molecule has 8 heteroatoms. The molecule has 0 atom stereocenters. The molecule has 2 heterocycles. The first-order valence-corrected chi connectivity index (χ1v) is 10.3. The Morgan fingerprint density at radius 1 is 1.03 bits per heavy atom. The fourth-order valence-electron chi connectivity index (χ4n) is 2.62. The molecule has 0 saturated carbocycles. The number of aromatic nitrogens is 2. The molecule has 6 nitrogen and oxygen atoms in total. The van der Waals surface area contributed by atoms with Gasteiger partial charge in [0, 0.05) is 22.0 Å². The molecule has 0 spiro atoms. The van der Waals surface area contributed by atoms with E-state index in [9.17, 15) is 4.79 Å². The Bertz CT molecular complexity index is 1090. The van der Waals surface area contributed by atoms with Gasteiger partial charge < -0.3 is 14.2 Å². The lowest BCUT2D eigenvalue weighted by Gasteiger charge is -2.06. The molecule has 0 aliphatic carbocycles. The average molecular weight is 426 g/mol. The van der Waals surface area contributed by atoms with Crippen LogP contribution in [0.25, 0.3) is 23.1 Å². The molecule has 4 aromatic rings. The Morgan fingerprint density at radius 2 is 1.86 bits per heavy atom. The quantitative estimate of drug-likeness (QED) is 0.419. The number of nitrogens with one attached hydrogen (secondary N) is 1. The Labute approximate surface area is 176 Å².